The Kier molecular flexibility index (Phi) is 7.11. The molecule has 0 aromatic carbocycles. The number of nitrogens with zero attached hydrogens (tertiary/aromatic N) is 2. The molecule has 9 heteroatoms. The second-order valence-corrected chi connectivity index (χ2v) is 7.45. The van der Waals surface area contributed by atoms with Gasteiger partial charge >= 0.3 is 6.18 Å². The highest BCUT2D eigenvalue weighted by Crippen LogP contribution is 2.34. The van der Waals surface area contributed by atoms with E-state index in [-0.39, 0.29) is 37.7 Å². The first kappa shape index (κ1) is 21.5. The standard InChI is InChI=1S/C18H28F3N3O3/c1-3-5-16(26)23-9-4-6-13(10-23)17(27)24-11-14(22-12(2)25)7-8-15(24)18(19,20)21/h13-15H,3-11H2,1-2H3,(H,22,25)/t13-,14+,15+/m0/s1. The smallest absolute Gasteiger partial charge is 0.352 e. The number of alkyl halides is 3. The molecular weight excluding hydrogens is 363 g/mol. The minimum atomic E-state index is -4.51. The van der Waals surface area contributed by atoms with Gasteiger partial charge in [0, 0.05) is 39.0 Å². The number of carbonyl (C=O) groups is 3. The van der Waals surface area contributed by atoms with E-state index in [1.54, 1.807) is 4.90 Å². The summed E-state index contributed by atoms with van der Waals surface area (Å²) in [4.78, 5) is 38.8. The van der Waals surface area contributed by atoms with Crippen molar-refractivity contribution in [3.8, 4) is 0 Å². The second kappa shape index (κ2) is 8.93. The van der Waals surface area contributed by atoms with E-state index in [1.165, 1.54) is 6.92 Å². The molecule has 2 aliphatic rings. The number of amides is 3. The Morgan fingerprint density at radius 3 is 2.41 bits per heavy atom. The molecule has 0 aliphatic carbocycles. The summed E-state index contributed by atoms with van der Waals surface area (Å²) in [5.41, 5.74) is 0. The predicted molar refractivity (Wildman–Crippen MR) is 92.6 cm³/mol. The Bertz CT molecular complexity index is 568. The van der Waals surface area contributed by atoms with Crippen molar-refractivity contribution in [1.29, 1.82) is 0 Å². The number of halogens is 3. The van der Waals surface area contributed by atoms with E-state index >= 15 is 0 Å². The lowest BCUT2D eigenvalue weighted by Crippen LogP contribution is -2.60. The largest absolute Gasteiger partial charge is 0.408 e. The molecule has 27 heavy (non-hydrogen) atoms. The molecule has 3 atom stereocenters. The summed E-state index contributed by atoms with van der Waals surface area (Å²) in [6.45, 7) is 3.75. The predicted octanol–water partition coefficient (Wildman–Crippen LogP) is 2.08. The fourth-order valence-electron chi connectivity index (χ4n) is 3.97. The van der Waals surface area contributed by atoms with Crippen LogP contribution in [0.3, 0.4) is 0 Å². The SMILES string of the molecule is CCCC(=O)N1CCC[C@H](C(=O)N2C[C@H](NC(C)=O)CC[C@@H]2C(F)(F)F)C1. The molecule has 0 unspecified atom stereocenters. The van der Waals surface area contributed by atoms with E-state index in [1.807, 2.05) is 6.92 Å². The number of carbonyl (C=O) groups excluding carboxylic acids is 3. The Labute approximate surface area is 157 Å². The van der Waals surface area contributed by atoms with Crippen LogP contribution in [0, 0.1) is 5.92 Å². The maximum absolute atomic E-state index is 13.5. The Morgan fingerprint density at radius 2 is 1.81 bits per heavy atom. The zero-order chi connectivity index (χ0) is 20.2. The number of hydrogen-bond donors (Lipinski definition) is 1. The van der Waals surface area contributed by atoms with Crippen molar-refractivity contribution in [2.45, 2.75) is 70.6 Å². The van der Waals surface area contributed by atoms with Crippen LogP contribution < -0.4 is 5.32 Å². The Balaban J connectivity index is 2.12. The normalized spacial score (nSPS) is 26.6. The number of piperidine rings is 2. The van der Waals surface area contributed by atoms with Crippen molar-refractivity contribution >= 4 is 17.7 Å². The van der Waals surface area contributed by atoms with Crippen LogP contribution in [0.5, 0.6) is 0 Å². The molecule has 2 rings (SSSR count). The maximum atomic E-state index is 13.5. The third-order valence-electron chi connectivity index (χ3n) is 5.24. The number of likely N-dealkylation sites (tertiary alicyclic amines) is 2. The zero-order valence-electron chi connectivity index (χ0n) is 15.8. The van der Waals surface area contributed by atoms with Gasteiger partial charge in [-0.3, -0.25) is 14.4 Å². The van der Waals surface area contributed by atoms with E-state index in [0.717, 1.165) is 4.90 Å². The monoisotopic (exact) mass is 391 g/mol. The van der Waals surface area contributed by atoms with E-state index in [0.29, 0.717) is 32.2 Å². The van der Waals surface area contributed by atoms with Crippen LogP contribution in [0.2, 0.25) is 0 Å². The Morgan fingerprint density at radius 1 is 1.11 bits per heavy atom. The fourth-order valence-corrected chi connectivity index (χ4v) is 3.97. The van der Waals surface area contributed by atoms with Crippen LogP contribution >= 0.6 is 0 Å². The van der Waals surface area contributed by atoms with Gasteiger partial charge in [-0.25, -0.2) is 0 Å². The van der Waals surface area contributed by atoms with Gasteiger partial charge in [0.25, 0.3) is 0 Å². The van der Waals surface area contributed by atoms with E-state index < -0.39 is 30.1 Å². The van der Waals surface area contributed by atoms with Gasteiger partial charge in [-0.15, -0.1) is 0 Å². The highest BCUT2D eigenvalue weighted by atomic mass is 19.4. The van der Waals surface area contributed by atoms with Gasteiger partial charge in [0.05, 0.1) is 5.92 Å². The number of rotatable bonds is 4. The maximum Gasteiger partial charge on any atom is 0.408 e. The van der Waals surface area contributed by atoms with Crippen molar-refractivity contribution in [3.63, 3.8) is 0 Å². The summed E-state index contributed by atoms with van der Waals surface area (Å²) >= 11 is 0. The molecule has 2 saturated heterocycles. The average Bonchev–Trinajstić information content (AvgIpc) is 2.60. The van der Waals surface area contributed by atoms with Crippen molar-refractivity contribution in [1.82, 2.24) is 15.1 Å². The van der Waals surface area contributed by atoms with E-state index in [2.05, 4.69) is 5.32 Å². The summed E-state index contributed by atoms with van der Waals surface area (Å²) in [6, 6.07) is -2.32. The summed E-state index contributed by atoms with van der Waals surface area (Å²) in [5.74, 6) is -1.58. The van der Waals surface area contributed by atoms with Gasteiger partial charge in [0.2, 0.25) is 17.7 Å². The zero-order valence-corrected chi connectivity index (χ0v) is 15.8. The summed E-state index contributed by atoms with van der Waals surface area (Å²) in [5, 5.41) is 2.62. The molecule has 0 aromatic heterocycles. The molecule has 0 saturated carbocycles. The van der Waals surface area contributed by atoms with Crippen molar-refractivity contribution in [2.75, 3.05) is 19.6 Å². The minimum absolute atomic E-state index is 0.0582. The molecule has 6 nitrogen and oxygen atoms in total. The van der Waals surface area contributed by atoms with E-state index in [9.17, 15) is 27.6 Å². The van der Waals surface area contributed by atoms with Crippen LogP contribution in [0.4, 0.5) is 13.2 Å². The van der Waals surface area contributed by atoms with Gasteiger partial charge in [0.1, 0.15) is 6.04 Å². The average molecular weight is 391 g/mol. The van der Waals surface area contributed by atoms with Crippen LogP contribution in [-0.2, 0) is 14.4 Å². The molecule has 0 bridgehead atoms. The third kappa shape index (κ3) is 5.59. The van der Waals surface area contributed by atoms with Gasteiger partial charge in [-0.2, -0.15) is 13.2 Å². The lowest BCUT2D eigenvalue weighted by molar-refractivity contribution is -0.199. The molecule has 3 amide bonds. The molecule has 2 aliphatic heterocycles. The lowest BCUT2D eigenvalue weighted by atomic mass is 9.91. The van der Waals surface area contributed by atoms with E-state index in [4.69, 9.17) is 0 Å². The minimum Gasteiger partial charge on any atom is -0.352 e. The highest BCUT2D eigenvalue weighted by Gasteiger charge is 2.49. The third-order valence-corrected chi connectivity index (χ3v) is 5.24. The quantitative estimate of drug-likeness (QED) is 0.798. The first-order valence-electron chi connectivity index (χ1n) is 9.55. The van der Waals surface area contributed by atoms with Crippen LogP contribution in [0.25, 0.3) is 0 Å². The molecule has 0 aromatic rings. The molecule has 2 heterocycles. The summed E-state index contributed by atoms with van der Waals surface area (Å²) in [6.07, 6.45) is -2.42. The van der Waals surface area contributed by atoms with Crippen molar-refractivity contribution in [2.24, 2.45) is 5.92 Å². The van der Waals surface area contributed by atoms with Gasteiger partial charge < -0.3 is 15.1 Å². The number of hydrogen-bond acceptors (Lipinski definition) is 3. The topological polar surface area (TPSA) is 69.7 Å². The number of nitrogens with one attached hydrogen (secondary N) is 1. The van der Waals surface area contributed by atoms with Gasteiger partial charge in [-0.05, 0) is 32.1 Å². The summed E-state index contributed by atoms with van der Waals surface area (Å²) < 4.78 is 40.4. The second-order valence-electron chi connectivity index (χ2n) is 7.45. The van der Waals surface area contributed by atoms with Gasteiger partial charge in [0.15, 0.2) is 0 Å². The van der Waals surface area contributed by atoms with Crippen LogP contribution in [0.15, 0.2) is 0 Å². The first-order chi connectivity index (χ1) is 12.6. The molecule has 1 N–H and O–H groups in total. The highest BCUT2D eigenvalue weighted by molar-refractivity contribution is 5.82. The first-order valence-corrected chi connectivity index (χ1v) is 9.55. The van der Waals surface area contributed by atoms with Crippen molar-refractivity contribution in [3.05, 3.63) is 0 Å². The molecule has 0 radical (unpaired) electrons. The summed E-state index contributed by atoms with van der Waals surface area (Å²) in [7, 11) is 0. The van der Waals surface area contributed by atoms with Gasteiger partial charge in [-0.1, -0.05) is 6.92 Å². The van der Waals surface area contributed by atoms with Crippen LogP contribution in [0.1, 0.15) is 52.4 Å². The Hall–Kier alpha value is -1.80. The van der Waals surface area contributed by atoms with Crippen molar-refractivity contribution < 1.29 is 27.6 Å². The molecular formula is C18H28F3N3O3. The molecule has 0 spiro atoms. The lowest BCUT2D eigenvalue weighted by Gasteiger charge is -2.43. The molecule has 154 valence electrons. The molecule has 2 fully saturated rings. The van der Waals surface area contributed by atoms with Crippen LogP contribution in [-0.4, -0.2) is 65.4 Å². The fraction of sp³-hybridized carbons (Fsp3) is 0.833.